The molecule has 2 nitrogen and oxygen atoms in total. The molecule has 1 aliphatic heterocycles. The van der Waals surface area contributed by atoms with Gasteiger partial charge in [-0.1, -0.05) is 24.3 Å². The summed E-state index contributed by atoms with van der Waals surface area (Å²) in [4.78, 5) is 0. The van der Waals surface area contributed by atoms with Crippen molar-refractivity contribution in [2.45, 2.75) is 64.6 Å². The van der Waals surface area contributed by atoms with E-state index < -0.39 is 18.3 Å². The van der Waals surface area contributed by atoms with E-state index in [4.69, 9.17) is 9.31 Å². The SMILES string of the molecule is CC1(C)OB(C(F)=C2CC3(C2)Cc2ccccc2C3)OC1(C)C. The van der Waals surface area contributed by atoms with Crippen LogP contribution >= 0.6 is 0 Å². The van der Waals surface area contributed by atoms with E-state index in [0.29, 0.717) is 0 Å². The maximum absolute atomic E-state index is 14.8. The molecule has 0 aromatic heterocycles. The molecule has 0 radical (unpaired) electrons. The molecule has 23 heavy (non-hydrogen) atoms. The van der Waals surface area contributed by atoms with Gasteiger partial charge in [-0.2, -0.15) is 0 Å². The smallest absolute Gasteiger partial charge is 0.398 e. The Morgan fingerprint density at radius 3 is 1.87 bits per heavy atom. The van der Waals surface area contributed by atoms with E-state index in [0.717, 1.165) is 31.3 Å². The van der Waals surface area contributed by atoms with Gasteiger partial charge in [0.15, 0.2) is 0 Å². The quantitative estimate of drug-likeness (QED) is 0.714. The van der Waals surface area contributed by atoms with Crippen LogP contribution < -0.4 is 0 Å². The highest BCUT2D eigenvalue weighted by atomic mass is 19.1. The molecule has 0 unspecified atom stereocenters. The second-order valence-corrected chi connectivity index (χ2v) is 8.52. The van der Waals surface area contributed by atoms with Gasteiger partial charge in [-0.05, 0) is 75.5 Å². The zero-order chi connectivity index (χ0) is 16.5. The predicted molar refractivity (Wildman–Crippen MR) is 89.7 cm³/mol. The molecular weight excluding hydrogens is 290 g/mol. The molecule has 122 valence electrons. The molecule has 1 saturated carbocycles. The number of hydrogen-bond acceptors (Lipinski definition) is 2. The molecule has 1 aromatic rings. The molecule has 2 aliphatic carbocycles. The van der Waals surface area contributed by atoms with Gasteiger partial charge < -0.3 is 9.31 Å². The minimum absolute atomic E-state index is 0.190. The van der Waals surface area contributed by atoms with Crippen LogP contribution in [-0.4, -0.2) is 18.3 Å². The van der Waals surface area contributed by atoms with Crippen molar-refractivity contribution in [2.24, 2.45) is 5.41 Å². The van der Waals surface area contributed by atoms with Crippen molar-refractivity contribution in [3.63, 3.8) is 0 Å². The molecule has 4 rings (SSSR count). The highest BCUT2D eigenvalue weighted by Gasteiger charge is 2.55. The van der Waals surface area contributed by atoms with Gasteiger partial charge in [-0.15, -0.1) is 0 Å². The lowest BCUT2D eigenvalue weighted by atomic mass is 9.61. The van der Waals surface area contributed by atoms with Crippen LogP contribution in [0.3, 0.4) is 0 Å². The fraction of sp³-hybridized carbons (Fsp3) is 0.579. The summed E-state index contributed by atoms with van der Waals surface area (Å²) in [6.45, 7) is 7.84. The highest BCUT2D eigenvalue weighted by Crippen LogP contribution is 2.55. The third-order valence-corrected chi connectivity index (χ3v) is 6.22. The van der Waals surface area contributed by atoms with Crippen molar-refractivity contribution in [3.05, 3.63) is 46.7 Å². The first-order valence-corrected chi connectivity index (χ1v) is 8.51. The Bertz CT molecular complexity index is 641. The Morgan fingerprint density at radius 2 is 1.39 bits per heavy atom. The largest absolute Gasteiger partial charge is 0.525 e. The summed E-state index contributed by atoms with van der Waals surface area (Å²) < 4.78 is 26.5. The van der Waals surface area contributed by atoms with Crippen LogP contribution in [-0.2, 0) is 22.2 Å². The van der Waals surface area contributed by atoms with Gasteiger partial charge in [0.25, 0.3) is 0 Å². The van der Waals surface area contributed by atoms with E-state index in [2.05, 4.69) is 24.3 Å². The summed E-state index contributed by atoms with van der Waals surface area (Å²) in [6, 6.07) is 8.60. The Balaban J connectivity index is 1.49. The molecule has 1 saturated heterocycles. The zero-order valence-electron chi connectivity index (χ0n) is 14.4. The van der Waals surface area contributed by atoms with Crippen molar-refractivity contribution in [1.29, 1.82) is 0 Å². The van der Waals surface area contributed by atoms with Crippen molar-refractivity contribution < 1.29 is 13.7 Å². The molecule has 0 atom stereocenters. The molecule has 0 amide bonds. The van der Waals surface area contributed by atoms with Gasteiger partial charge in [-0.25, -0.2) is 4.39 Å². The molecular formula is C19H24BFO2. The summed E-state index contributed by atoms with van der Waals surface area (Å²) in [5.74, 6) is 0. The average Bonchev–Trinajstić information content (AvgIpc) is 2.92. The first kappa shape index (κ1) is 15.4. The molecule has 3 aliphatic rings. The Morgan fingerprint density at radius 1 is 0.913 bits per heavy atom. The van der Waals surface area contributed by atoms with Crippen LogP contribution in [0.2, 0.25) is 0 Å². The molecule has 0 N–H and O–H groups in total. The van der Waals surface area contributed by atoms with Crippen LogP contribution in [0.1, 0.15) is 51.7 Å². The first-order chi connectivity index (χ1) is 10.7. The lowest BCUT2D eigenvalue weighted by molar-refractivity contribution is 0.00578. The lowest BCUT2D eigenvalue weighted by Crippen LogP contribution is -2.41. The lowest BCUT2D eigenvalue weighted by Gasteiger charge is -2.41. The van der Waals surface area contributed by atoms with Crippen LogP contribution in [0, 0.1) is 5.41 Å². The van der Waals surface area contributed by atoms with Gasteiger partial charge in [0, 0.05) is 0 Å². The molecule has 0 bridgehead atoms. The van der Waals surface area contributed by atoms with Crippen molar-refractivity contribution in [3.8, 4) is 0 Å². The number of halogens is 1. The van der Waals surface area contributed by atoms with E-state index in [1.54, 1.807) is 0 Å². The molecule has 1 heterocycles. The Hall–Kier alpha value is -1.13. The summed E-state index contributed by atoms with van der Waals surface area (Å²) >= 11 is 0. The first-order valence-electron chi connectivity index (χ1n) is 8.51. The van der Waals surface area contributed by atoms with Gasteiger partial charge in [0.05, 0.1) is 11.2 Å². The molecule has 1 spiro atoms. The standard InChI is InChI=1S/C19H24BFO2/c1-17(2)18(3,4)23-20(22-17)16(21)15-11-19(12-15)9-13-7-5-6-8-14(13)10-19/h5-8H,9-12H2,1-4H3. The number of fused-ring (bicyclic) bond motifs is 1. The fourth-order valence-corrected chi connectivity index (χ4v) is 4.16. The van der Waals surface area contributed by atoms with Crippen molar-refractivity contribution in [1.82, 2.24) is 0 Å². The van der Waals surface area contributed by atoms with E-state index >= 15 is 0 Å². The predicted octanol–water partition coefficient (Wildman–Crippen LogP) is 4.42. The highest BCUT2D eigenvalue weighted by molar-refractivity contribution is 6.53. The van der Waals surface area contributed by atoms with E-state index in [9.17, 15) is 4.39 Å². The monoisotopic (exact) mass is 314 g/mol. The topological polar surface area (TPSA) is 18.5 Å². The molecule has 2 fully saturated rings. The second-order valence-electron chi connectivity index (χ2n) is 8.52. The van der Waals surface area contributed by atoms with Crippen molar-refractivity contribution >= 4 is 7.12 Å². The minimum Gasteiger partial charge on any atom is -0.398 e. The van der Waals surface area contributed by atoms with E-state index in [1.165, 1.54) is 11.1 Å². The number of rotatable bonds is 1. The zero-order valence-corrected chi connectivity index (χ0v) is 14.4. The van der Waals surface area contributed by atoms with Gasteiger partial charge >= 0.3 is 7.12 Å². The van der Waals surface area contributed by atoms with Crippen LogP contribution in [0.15, 0.2) is 35.6 Å². The fourth-order valence-electron chi connectivity index (χ4n) is 4.16. The van der Waals surface area contributed by atoms with Gasteiger partial charge in [0.2, 0.25) is 0 Å². The molecule has 1 aromatic carbocycles. The third kappa shape index (κ3) is 2.30. The summed E-state index contributed by atoms with van der Waals surface area (Å²) in [7, 11) is -0.837. The van der Waals surface area contributed by atoms with Gasteiger partial charge in [0.1, 0.15) is 5.73 Å². The average molecular weight is 314 g/mol. The summed E-state index contributed by atoms with van der Waals surface area (Å²) in [5, 5.41) is 0. The number of hydrogen-bond donors (Lipinski definition) is 0. The minimum atomic E-state index is -0.837. The maximum atomic E-state index is 14.8. The van der Waals surface area contributed by atoms with Gasteiger partial charge in [-0.3, -0.25) is 0 Å². The van der Waals surface area contributed by atoms with E-state index in [1.807, 2.05) is 27.7 Å². The van der Waals surface area contributed by atoms with E-state index in [-0.39, 0.29) is 11.1 Å². The number of benzene rings is 1. The van der Waals surface area contributed by atoms with Crippen LogP contribution in [0.4, 0.5) is 4.39 Å². The third-order valence-electron chi connectivity index (χ3n) is 6.22. The summed E-state index contributed by atoms with van der Waals surface area (Å²) in [6.07, 6.45) is 3.81. The second kappa shape index (κ2) is 4.70. The Labute approximate surface area is 138 Å². The summed E-state index contributed by atoms with van der Waals surface area (Å²) in [5.41, 5.74) is 2.83. The maximum Gasteiger partial charge on any atom is 0.525 e. The molecule has 4 heteroatoms. The van der Waals surface area contributed by atoms with Crippen molar-refractivity contribution in [2.75, 3.05) is 0 Å². The normalized spacial score (nSPS) is 26.3. The Kier molecular flexibility index (Phi) is 3.15. The van der Waals surface area contributed by atoms with Crippen LogP contribution in [0.25, 0.3) is 0 Å². The van der Waals surface area contributed by atoms with Crippen LogP contribution in [0.5, 0.6) is 0 Å². The number of allylic oxidation sites excluding steroid dienone is 1.